The summed E-state index contributed by atoms with van der Waals surface area (Å²) in [5.74, 6) is 0.673. The second-order valence-electron chi connectivity index (χ2n) is 6.67. The van der Waals surface area contributed by atoms with Crippen LogP contribution in [0.2, 0.25) is 0 Å². The van der Waals surface area contributed by atoms with Crippen molar-refractivity contribution in [1.29, 1.82) is 0 Å². The van der Waals surface area contributed by atoms with Gasteiger partial charge in [0, 0.05) is 17.8 Å². The molecule has 1 amide bonds. The number of nitrogens with one attached hydrogen (secondary N) is 1. The van der Waals surface area contributed by atoms with Crippen LogP contribution >= 0.6 is 0 Å². The number of aryl methyl sites for hydroxylation is 1. The highest BCUT2D eigenvalue weighted by Gasteiger charge is 2.17. The lowest BCUT2D eigenvalue weighted by atomic mass is 10.1. The van der Waals surface area contributed by atoms with E-state index in [1.807, 2.05) is 56.3 Å². The van der Waals surface area contributed by atoms with Crippen LogP contribution in [0.15, 0.2) is 65.5 Å². The van der Waals surface area contributed by atoms with Gasteiger partial charge in [-0.05, 0) is 49.7 Å². The van der Waals surface area contributed by atoms with E-state index in [0.717, 1.165) is 22.2 Å². The fourth-order valence-corrected chi connectivity index (χ4v) is 3.06. The lowest BCUT2D eigenvalue weighted by molar-refractivity contribution is 0.0934. The zero-order valence-corrected chi connectivity index (χ0v) is 16.1. The molecule has 0 aliphatic rings. The van der Waals surface area contributed by atoms with Gasteiger partial charge in [0.15, 0.2) is 12.3 Å². The Morgan fingerprint density at radius 2 is 2.00 bits per heavy atom. The van der Waals surface area contributed by atoms with E-state index in [1.165, 1.54) is 6.26 Å². The highest BCUT2D eigenvalue weighted by molar-refractivity contribution is 5.92. The third-order valence-electron chi connectivity index (χ3n) is 4.53. The Morgan fingerprint density at radius 3 is 2.86 bits per heavy atom. The van der Waals surface area contributed by atoms with E-state index in [9.17, 15) is 4.79 Å². The fourth-order valence-electron chi connectivity index (χ4n) is 3.06. The van der Waals surface area contributed by atoms with Crippen LogP contribution in [0.1, 0.15) is 40.6 Å². The molecule has 7 heteroatoms. The lowest BCUT2D eigenvalue weighted by Crippen LogP contribution is -2.28. The van der Waals surface area contributed by atoms with Gasteiger partial charge in [-0.3, -0.25) is 14.8 Å². The monoisotopic (exact) mass is 388 g/mol. The summed E-state index contributed by atoms with van der Waals surface area (Å²) in [6, 6.07) is 13.0. The van der Waals surface area contributed by atoms with E-state index in [-0.39, 0.29) is 24.2 Å². The first-order valence-corrected chi connectivity index (χ1v) is 9.24. The molecule has 7 nitrogen and oxygen atoms in total. The largest absolute Gasteiger partial charge is 0.484 e. The van der Waals surface area contributed by atoms with Crippen molar-refractivity contribution in [1.82, 2.24) is 20.3 Å². The quantitative estimate of drug-likeness (QED) is 0.537. The Hall–Kier alpha value is -3.74. The number of nitrogens with zero attached hydrogens (tertiary/aromatic N) is 3. The number of oxazole rings is 1. The smallest absolute Gasteiger partial charge is 0.273 e. The highest BCUT2D eigenvalue weighted by Crippen LogP contribution is 2.20. The topological polar surface area (TPSA) is 90.1 Å². The van der Waals surface area contributed by atoms with Gasteiger partial charge in [0.25, 0.3) is 5.91 Å². The van der Waals surface area contributed by atoms with Crippen molar-refractivity contribution in [2.45, 2.75) is 26.5 Å². The molecule has 0 spiro atoms. The number of fused-ring (bicyclic) bond motifs is 1. The first kappa shape index (κ1) is 18.6. The highest BCUT2D eigenvalue weighted by atomic mass is 16.5. The third-order valence-corrected chi connectivity index (χ3v) is 4.53. The molecule has 0 saturated carbocycles. The van der Waals surface area contributed by atoms with Crippen molar-refractivity contribution in [3.8, 4) is 5.75 Å². The molecule has 1 aromatic carbocycles. The number of rotatable bonds is 6. The molecule has 4 rings (SSSR count). The minimum atomic E-state index is -0.325. The maximum atomic E-state index is 12.5. The van der Waals surface area contributed by atoms with Gasteiger partial charge < -0.3 is 14.5 Å². The molecule has 3 aromatic heterocycles. The van der Waals surface area contributed by atoms with Gasteiger partial charge in [-0.1, -0.05) is 12.1 Å². The zero-order chi connectivity index (χ0) is 20.2. The van der Waals surface area contributed by atoms with Crippen LogP contribution in [-0.2, 0) is 6.61 Å². The predicted octanol–water partition coefficient (Wildman–Crippen LogP) is 4.00. The third kappa shape index (κ3) is 4.24. The zero-order valence-electron chi connectivity index (χ0n) is 16.1. The van der Waals surface area contributed by atoms with E-state index in [1.54, 1.807) is 12.4 Å². The van der Waals surface area contributed by atoms with Crippen LogP contribution in [0.5, 0.6) is 5.75 Å². The number of hydrogen-bond acceptors (Lipinski definition) is 6. The first-order chi connectivity index (χ1) is 14.1. The molecule has 1 N–H and O–H groups in total. The van der Waals surface area contributed by atoms with E-state index in [0.29, 0.717) is 11.6 Å². The number of amides is 1. The Morgan fingerprint density at radius 1 is 1.17 bits per heavy atom. The fraction of sp³-hybridized carbons (Fsp3) is 0.182. The average molecular weight is 388 g/mol. The molecule has 0 aliphatic heterocycles. The van der Waals surface area contributed by atoms with Crippen LogP contribution in [0.3, 0.4) is 0 Å². The molecule has 3 heterocycles. The van der Waals surface area contributed by atoms with Gasteiger partial charge in [0.2, 0.25) is 5.89 Å². The summed E-state index contributed by atoms with van der Waals surface area (Å²) >= 11 is 0. The molecule has 0 saturated heterocycles. The Balaban J connectivity index is 1.38. The molecular weight excluding hydrogens is 368 g/mol. The molecule has 0 radical (unpaired) electrons. The molecular formula is C22H20N4O3. The molecule has 1 atom stereocenters. The molecule has 4 aromatic rings. The first-order valence-electron chi connectivity index (χ1n) is 9.24. The van der Waals surface area contributed by atoms with Gasteiger partial charge in [-0.15, -0.1) is 0 Å². The summed E-state index contributed by atoms with van der Waals surface area (Å²) < 4.78 is 11.1. The molecule has 0 fully saturated rings. The number of hydrogen-bond donors (Lipinski definition) is 1. The number of benzene rings is 1. The van der Waals surface area contributed by atoms with Crippen molar-refractivity contribution < 1.29 is 13.9 Å². The average Bonchev–Trinajstić information content (AvgIpc) is 3.21. The van der Waals surface area contributed by atoms with Crippen LogP contribution in [0.4, 0.5) is 0 Å². The van der Waals surface area contributed by atoms with Crippen molar-refractivity contribution in [3.05, 3.63) is 84.0 Å². The van der Waals surface area contributed by atoms with Crippen LogP contribution in [0, 0.1) is 6.92 Å². The number of carbonyl (C=O) groups excluding carboxylic acids is 1. The number of ether oxygens (including phenoxy) is 1. The maximum Gasteiger partial charge on any atom is 0.273 e. The predicted molar refractivity (Wildman–Crippen MR) is 107 cm³/mol. The van der Waals surface area contributed by atoms with Gasteiger partial charge in [0.1, 0.15) is 12.0 Å². The number of aromatic nitrogens is 3. The molecule has 146 valence electrons. The Bertz CT molecular complexity index is 1160. The van der Waals surface area contributed by atoms with Crippen molar-refractivity contribution in [2.75, 3.05) is 0 Å². The second-order valence-corrected chi connectivity index (χ2v) is 6.67. The maximum absolute atomic E-state index is 12.5. The minimum absolute atomic E-state index is 0.119. The molecule has 0 aliphatic carbocycles. The van der Waals surface area contributed by atoms with Crippen LogP contribution in [-0.4, -0.2) is 20.9 Å². The van der Waals surface area contributed by atoms with E-state index in [2.05, 4.69) is 20.3 Å². The van der Waals surface area contributed by atoms with Crippen molar-refractivity contribution >= 4 is 16.8 Å². The number of pyridine rings is 2. The van der Waals surface area contributed by atoms with Crippen molar-refractivity contribution in [2.24, 2.45) is 0 Å². The normalized spacial score (nSPS) is 11.9. The summed E-state index contributed by atoms with van der Waals surface area (Å²) in [7, 11) is 0. The molecule has 0 bridgehead atoms. The van der Waals surface area contributed by atoms with Gasteiger partial charge in [-0.25, -0.2) is 4.98 Å². The van der Waals surface area contributed by atoms with Crippen molar-refractivity contribution in [3.63, 3.8) is 0 Å². The Kier molecular flexibility index (Phi) is 5.20. The van der Waals surface area contributed by atoms with Crippen LogP contribution < -0.4 is 10.1 Å². The minimum Gasteiger partial charge on any atom is -0.484 e. The second kappa shape index (κ2) is 8.10. The standard InChI is InChI=1S/C22H20N4O3/c1-14-5-3-10-24-21(14)15(2)25-22(27)19-12-29-20(26-19)13-28-17-7-8-18-16(11-17)6-4-9-23-18/h3-12,15H,13H2,1-2H3,(H,25,27)/t15-/m1/s1. The van der Waals surface area contributed by atoms with E-state index in [4.69, 9.17) is 9.15 Å². The summed E-state index contributed by atoms with van der Waals surface area (Å²) in [5.41, 5.74) is 2.93. The van der Waals surface area contributed by atoms with Gasteiger partial charge in [-0.2, -0.15) is 0 Å². The number of carbonyl (C=O) groups is 1. The Labute approximate surface area is 167 Å². The summed E-state index contributed by atoms with van der Waals surface area (Å²) in [5, 5.41) is 3.87. The van der Waals surface area contributed by atoms with Gasteiger partial charge in [0.05, 0.1) is 17.3 Å². The molecule has 29 heavy (non-hydrogen) atoms. The van der Waals surface area contributed by atoms with Gasteiger partial charge >= 0.3 is 0 Å². The summed E-state index contributed by atoms with van der Waals surface area (Å²) in [6.07, 6.45) is 4.79. The van der Waals surface area contributed by atoms with E-state index < -0.39 is 0 Å². The summed E-state index contributed by atoms with van der Waals surface area (Å²) in [4.78, 5) is 25.3. The summed E-state index contributed by atoms with van der Waals surface area (Å²) in [6.45, 7) is 3.96. The van der Waals surface area contributed by atoms with Crippen LogP contribution in [0.25, 0.3) is 10.9 Å². The van der Waals surface area contributed by atoms with E-state index >= 15 is 0 Å². The SMILES string of the molecule is Cc1cccnc1[C@@H](C)NC(=O)c1coc(COc2ccc3ncccc3c2)n1. The molecule has 0 unspecified atom stereocenters. The lowest BCUT2D eigenvalue weighted by Gasteiger charge is -2.14.